The maximum absolute atomic E-state index is 4.46. The third-order valence-electron chi connectivity index (χ3n) is 6.54. The first-order chi connectivity index (χ1) is 14.2. The molecule has 0 bridgehead atoms. The van der Waals surface area contributed by atoms with Crippen molar-refractivity contribution in [2.45, 2.75) is 71.6 Å². The summed E-state index contributed by atoms with van der Waals surface area (Å²) in [6.07, 6.45) is 13.1. The molecule has 0 fully saturated rings. The molecule has 2 aromatic carbocycles. The zero-order valence-corrected chi connectivity index (χ0v) is 18.2. The summed E-state index contributed by atoms with van der Waals surface area (Å²) in [5.41, 5.74) is 13.4. The molecule has 0 N–H and O–H groups in total. The molecule has 150 valence electrons. The van der Waals surface area contributed by atoms with Crippen molar-refractivity contribution < 1.29 is 0 Å². The van der Waals surface area contributed by atoms with Crippen molar-refractivity contribution in [1.29, 1.82) is 0 Å². The summed E-state index contributed by atoms with van der Waals surface area (Å²) in [4.78, 5) is 0. The van der Waals surface area contributed by atoms with Gasteiger partial charge in [0.05, 0.1) is 0 Å². The van der Waals surface area contributed by atoms with Crippen molar-refractivity contribution in [3.05, 3.63) is 99.7 Å². The van der Waals surface area contributed by atoms with E-state index in [1.54, 1.807) is 5.56 Å². The van der Waals surface area contributed by atoms with E-state index in [0.29, 0.717) is 0 Å². The largest absolute Gasteiger partial charge is 0.0952 e. The lowest BCUT2D eigenvalue weighted by atomic mass is 9.74. The highest BCUT2D eigenvalue weighted by molar-refractivity contribution is 5.87. The summed E-state index contributed by atoms with van der Waals surface area (Å²) in [6.45, 7) is 9.03. The summed E-state index contributed by atoms with van der Waals surface area (Å²) in [6, 6.07) is 16.0. The molecule has 0 heteroatoms. The summed E-state index contributed by atoms with van der Waals surface area (Å²) in [5, 5.41) is 0. The normalized spacial score (nSPS) is 15.8. The summed E-state index contributed by atoms with van der Waals surface area (Å²) >= 11 is 0. The number of rotatable bonds is 7. The monoisotopic (exact) mass is 382 g/mol. The molecule has 0 saturated carbocycles. The van der Waals surface area contributed by atoms with E-state index in [0.717, 1.165) is 25.7 Å². The predicted molar refractivity (Wildman–Crippen MR) is 126 cm³/mol. The van der Waals surface area contributed by atoms with Gasteiger partial charge < -0.3 is 0 Å². The van der Waals surface area contributed by atoms with Crippen molar-refractivity contribution in [3.63, 3.8) is 0 Å². The van der Waals surface area contributed by atoms with Gasteiger partial charge in [-0.2, -0.15) is 0 Å². The Hall–Kier alpha value is -2.34. The van der Waals surface area contributed by atoms with Crippen LogP contribution in [0.4, 0.5) is 0 Å². The number of hydrogen-bond donors (Lipinski definition) is 0. The fourth-order valence-corrected chi connectivity index (χ4v) is 4.96. The van der Waals surface area contributed by atoms with Crippen LogP contribution >= 0.6 is 0 Å². The van der Waals surface area contributed by atoms with Crippen molar-refractivity contribution in [2.24, 2.45) is 0 Å². The topological polar surface area (TPSA) is 0 Å². The third kappa shape index (κ3) is 4.47. The van der Waals surface area contributed by atoms with Gasteiger partial charge in [0.1, 0.15) is 0 Å². The number of fused-ring (bicyclic) bond motifs is 2. The second-order valence-electron chi connectivity index (χ2n) is 8.90. The van der Waals surface area contributed by atoms with Gasteiger partial charge in [-0.05, 0) is 96.4 Å². The van der Waals surface area contributed by atoms with Gasteiger partial charge in [-0.25, -0.2) is 0 Å². The van der Waals surface area contributed by atoms with Crippen LogP contribution < -0.4 is 0 Å². The van der Waals surface area contributed by atoms with Crippen molar-refractivity contribution >= 4 is 5.57 Å². The van der Waals surface area contributed by atoms with E-state index in [9.17, 15) is 0 Å². The molecule has 0 atom stereocenters. The molecule has 0 amide bonds. The molecule has 2 aromatic rings. The van der Waals surface area contributed by atoms with Crippen LogP contribution in [0.25, 0.3) is 5.57 Å². The van der Waals surface area contributed by atoms with Crippen LogP contribution in [0.1, 0.15) is 73.8 Å². The minimum absolute atomic E-state index is 1.03. The van der Waals surface area contributed by atoms with Gasteiger partial charge >= 0.3 is 0 Å². The van der Waals surface area contributed by atoms with Crippen LogP contribution in [-0.2, 0) is 25.7 Å². The van der Waals surface area contributed by atoms with Crippen molar-refractivity contribution in [3.8, 4) is 0 Å². The molecule has 2 aliphatic carbocycles. The number of unbranched alkanes of at least 4 members (excludes halogenated alkanes) is 2. The van der Waals surface area contributed by atoms with Gasteiger partial charge in [0.15, 0.2) is 0 Å². The molecule has 0 nitrogen and oxygen atoms in total. The molecular weight excluding hydrogens is 348 g/mol. The Labute approximate surface area is 177 Å². The Balaban J connectivity index is 1.73. The molecule has 0 spiro atoms. The average molecular weight is 383 g/mol. The SMILES string of the molecule is C=C1Cc2cc(CCCCC)cc(CCc3ccccc3)c2C2=C1CCC(C)=C2. The second-order valence-corrected chi connectivity index (χ2v) is 8.90. The second kappa shape index (κ2) is 8.99. The number of aryl methyl sites for hydroxylation is 3. The van der Waals surface area contributed by atoms with Gasteiger partial charge in [0.25, 0.3) is 0 Å². The molecule has 2 aliphatic rings. The fourth-order valence-electron chi connectivity index (χ4n) is 4.96. The predicted octanol–water partition coefficient (Wildman–Crippen LogP) is 7.81. The van der Waals surface area contributed by atoms with E-state index in [-0.39, 0.29) is 0 Å². The van der Waals surface area contributed by atoms with Gasteiger partial charge in [-0.1, -0.05) is 80.5 Å². The summed E-state index contributed by atoms with van der Waals surface area (Å²) in [5.74, 6) is 0. The van der Waals surface area contributed by atoms with Crippen LogP contribution in [0.3, 0.4) is 0 Å². The maximum atomic E-state index is 4.46. The van der Waals surface area contributed by atoms with E-state index >= 15 is 0 Å². The molecule has 0 aliphatic heterocycles. The molecule has 29 heavy (non-hydrogen) atoms. The number of allylic oxidation sites excluding steroid dienone is 5. The molecule has 4 rings (SSSR count). The third-order valence-corrected chi connectivity index (χ3v) is 6.54. The first kappa shape index (κ1) is 20.0. The minimum Gasteiger partial charge on any atom is -0.0952 e. The zero-order chi connectivity index (χ0) is 20.2. The van der Waals surface area contributed by atoms with Crippen LogP contribution in [-0.4, -0.2) is 0 Å². The first-order valence-corrected chi connectivity index (χ1v) is 11.4. The molecular formula is C29H34. The van der Waals surface area contributed by atoms with Gasteiger partial charge in [-0.15, -0.1) is 0 Å². The molecule has 0 saturated heterocycles. The van der Waals surface area contributed by atoms with E-state index in [1.165, 1.54) is 76.7 Å². The zero-order valence-electron chi connectivity index (χ0n) is 18.2. The standard InChI is InChI=1S/C29H34/c1-4-5-7-12-24-19-25(15-14-23-10-8-6-9-11-23)29-26(20-24)18-22(3)27-16-13-21(2)17-28(27)29/h6,8-11,17,19-20H,3-5,7,12-16,18H2,1-2H3. The molecule has 0 heterocycles. The number of hydrogen-bond acceptors (Lipinski definition) is 0. The average Bonchev–Trinajstić information content (AvgIpc) is 2.72. The Morgan fingerprint density at radius 2 is 1.72 bits per heavy atom. The maximum Gasteiger partial charge on any atom is -0.00223 e. The lowest BCUT2D eigenvalue weighted by molar-refractivity contribution is 0.716. The molecule has 0 radical (unpaired) electrons. The van der Waals surface area contributed by atoms with E-state index in [2.05, 4.69) is 69.0 Å². The van der Waals surface area contributed by atoms with Gasteiger partial charge in [0, 0.05) is 0 Å². The van der Waals surface area contributed by atoms with Crippen LogP contribution in [0.15, 0.2) is 71.8 Å². The van der Waals surface area contributed by atoms with Crippen LogP contribution in [0.2, 0.25) is 0 Å². The highest BCUT2D eigenvalue weighted by atomic mass is 14.3. The van der Waals surface area contributed by atoms with E-state index in [4.69, 9.17) is 0 Å². The molecule has 0 aromatic heterocycles. The van der Waals surface area contributed by atoms with Crippen LogP contribution in [0, 0.1) is 0 Å². The smallest absolute Gasteiger partial charge is 0.00223 e. The van der Waals surface area contributed by atoms with Crippen molar-refractivity contribution in [2.75, 3.05) is 0 Å². The first-order valence-electron chi connectivity index (χ1n) is 11.4. The lowest BCUT2D eigenvalue weighted by Gasteiger charge is -2.30. The van der Waals surface area contributed by atoms with E-state index < -0.39 is 0 Å². The minimum atomic E-state index is 1.03. The summed E-state index contributed by atoms with van der Waals surface area (Å²) in [7, 11) is 0. The Bertz CT molecular complexity index is 953. The Morgan fingerprint density at radius 3 is 2.52 bits per heavy atom. The van der Waals surface area contributed by atoms with Crippen LogP contribution in [0.5, 0.6) is 0 Å². The lowest BCUT2D eigenvalue weighted by Crippen LogP contribution is -2.13. The van der Waals surface area contributed by atoms with Gasteiger partial charge in [-0.3, -0.25) is 0 Å². The quantitative estimate of drug-likeness (QED) is 0.428. The Kier molecular flexibility index (Phi) is 6.19. The Morgan fingerprint density at radius 1 is 0.897 bits per heavy atom. The van der Waals surface area contributed by atoms with Crippen molar-refractivity contribution in [1.82, 2.24) is 0 Å². The van der Waals surface area contributed by atoms with E-state index in [1.807, 2.05) is 0 Å². The highest BCUT2D eigenvalue weighted by Gasteiger charge is 2.25. The summed E-state index contributed by atoms with van der Waals surface area (Å²) < 4.78 is 0. The fraction of sp³-hybridized carbons (Fsp3) is 0.379. The number of benzene rings is 2. The highest BCUT2D eigenvalue weighted by Crippen LogP contribution is 2.43. The van der Waals surface area contributed by atoms with Gasteiger partial charge in [0.2, 0.25) is 0 Å². The molecule has 0 unspecified atom stereocenters.